The summed E-state index contributed by atoms with van der Waals surface area (Å²) in [5.41, 5.74) is 16.5. The third-order valence-corrected chi connectivity index (χ3v) is 6.12. The zero-order valence-corrected chi connectivity index (χ0v) is 20.9. The number of rotatable bonds is 6. The highest BCUT2D eigenvalue weighted by atomic mass is 19.1. The van der Waals surface area contributed by atoms with Crippen molar-refractivity contribution in [3.63, 3.8) is 0 Å². The van der Waals surface area contributed by atoms with Gasteiger partial charge in [0.15, 0.2) is 0 Å². The Morgan fingerprint density at radius 3 is 2.61 bits per heavy atom. The number of carbonyl (C=O) groups excluding carboxylic acids is 1. The Kier molecular flexibility index (Phi) is 6.29. The maximum atomic E-state index is 15.5. The van der Waals surface area contributed by atoms with Crippen molar-refractivity contribution >= 4 is 28.8 Å². The Labute approximate surface area is 217 Å². The topological polar surface area (TPSA) is 135 Å². The summed E-state index contributed by atoms with van der Waals surface area (Å²) < 4.78 is 23.2. The molecule has 0 aliphatic heterocycles. The van der Waals surface area contributed by atoms with Gasteiger partial charge in [-0.05, 0) is 66.9 Å². The number of ether oxygens (including phenoxy) is 1. The van der Waals surface area contributed by atoms with Crippen molar-refractivity contribution < 1.29 is 13.9 Å². The SMILES string of the molecule is Cc1ccnc(Oc2ccc(-c3c(-c4ccc(C=CC(N)=O)cc4F)n(C)c4ncnc(N)c34)cc2C)n1. The molecule has 0 radical (unpaired) electrons. The average Bonchev–Trinajstić information content (AvgIpc) is 3.17. The first-order valence-electron chi connectivity index (χ1n) is 11.7. The average molecular weight is 510 g/mol. The molecule has 0 aliphatic rings. The minimum Gasteiger partial charge on any atom is -0.424 e. The molecule has 0 bridgehead atoms. The van der Waals surface area contributed by atoms with Gasteiger partial charge in [0.2, 0.25) is 5.91 Å². The number of primary amides is 1. The van der Waals surface area contributed by atoms with E-state index in [2.05, 4.69) is 19.9 Å². The van der Waals surface area contributed by atoms with Gasteiger partial charge in [0.25, 0.3) is 0 Å². The van der Waals surface area contributed by atoms with Crippen LogP contribution < -0.4 is 16.2 Å². The first kappa shape index (κ1) is 24.6. The normalized spacial score (nSPS) is 11.4. The number of halogens is 1. The summed E-state index contributed by atoms with van der Waals surface area (Å²) in [6.07, 6.45) is 5.65. The van der Waals surface area contributed by atoms with Gasteiger partial charge >= 0.3 is 6.01 Å². The number of amides is 1. The van der Waals surface area contributed by atoms with Crippen LogP contribution >= 0.6 is 0 Å². The molecular weight excluding hydrogens is 485 g/mol. The largest absolute Gasteiger partial charge is 0.424 e. The highest BCUT2D eigenvalue weighted by molar-refractivity contribution is 6.08. The van der Waals surface area contributed by atoms with Gasteiger partial charge in [-0.3, -0.25) is 4.79 Å². The van der Waals surface area contributed by atoms with E-state index in [1.807, 2.05) is 32.0 Å². The quantitative estimate of drug-likeness (QED) is 0.316. The number of nitrogens with zero attached hydrogens (tertiary/aromatic N) is 5. The molecule has 0 spiro atoms. The summed E-state index contributed by atoms with van der Waals surface area (Å²) in [7, 11) is 1.80. The van der Waals surface area contributed by atoms with Crippen LogP contribution in [0.3, 0.4) is 0 Å². The van der Waals surface area contributed by atoms with Gasteiger partial charge in [0.05, 0.1) is 11.1 Å². The van der Waals surface area contributed by atoms with Crippen LogP contribution in [0, 0.1) is 19.7 Å². The van der Waals surface area contributed by atoms with E-state index in [4.69, 9.17) is 16.2 Å². The van der Waals surface area contributed by atoms with Gasteiger partial charge in [-0.2, -0.15) is 0 Å². The van der Waals surface area contributed by atoms with Gasteiger partial charge in [0, 0.05) is 36.1 Å². The van der Waals surface area contributed by atoms with Gasteiger partial charge in [-0.25, -0.2) is 24.3 Å². The molecule has 5 rings (SSSR count). The summed E-state index contributed by atoms with van der Waals surface area (Å²) in [6.45, 7) is 3.76. The molecule has 38 heavy (non-hydrogen) atoms. The predicted molar refractivity (Wildman–Crippen MR) is 144 cm³/mol. The van der Waals surface area contributed by atoms with Crippen molar-refractivity contribution in [1.29, 1.82) is 0 Å². The van der Waals surface area contributed by atoms with Gasteiger partial charge in [0.1, 0.15) is 29.4 Å². The number of aryl methyl sites for hydroxylation is 3. The lowest BCUT2D eigenvalue weighted by Gasteiger charge is -2.13. The van der Waals surface area contributed by atoms with Crippen molar-refractivity contribution in [2.45, 2.75) is 13.8 Å². The van der Waals surface area contributed by atoms with Crippen LogP contribution in [0.15, 0.2) is 61.1 Å². The first-order chi connectivity index (χ1) is 18.2. The van der Waals surface area contributed by atoms with E-state index in [1.54, 1.807) is 36.0 Å². The summed E-state index contributed by atoms with van der Waals surface area (Å²) >= 11 is 0. The standard InChI is InChI=1S/C28H24FN7O2/c1-15-12-18(6-8-21(15)38-28-32-11-10-16(2)35-28)23-24-26(31)33-14-34-27(24)36(3)25(23)19-7-4-17(13-20(19)29)5-9-22(30)37/h4-14H,1-3H3,(H2,30,37)(H2,31,33,34). The number of fused-ring (bicyclic) bond motifs is 1. The van der Waals surface area contributed by atoms with E-state index in [-0.39, 0.29) is 11.8 Å². The molecule has 0 fully saturated rings. The minimum atomic E-state index is -0.615. The molecule has 3 heterocycles. The Hall–Kier alpha value is -5.12. The van der Waals surface area contributed by atoms with Crippen molar-refractivity contribution in [2.24, 2.45) is 12.8 Å². The lowest BCUT2D eigenvalue weighted by Crippen LogP contribution is -2.05. The van der Waals surface area contributed by atoms with Crippen LogP contribution in [-0.2, 0) is 11.8 Å². The van der Waals surface area contributed by atoms with Crippen molar-refractivity contribution in [3.8, 4) is 34.1 Å². The molecule has 1 amide bonds. The third-order valence-electron chi connectivity index (χ3n) is 6.12. The zero-order chi connectivity index (χ0) is 27.0. The fourth-order valence-electron chi connectivity index (χ4n) is 4.37. The fourth-order valence-corrected chi connectivity index (χ4v) is 4.37. The van der Waals surface area contributed by atoms with E-state index in [0.717, 1.165) is 16.8 Å². The predicted octanol–water partition coefficient (Wildman–Crippen LogP) is 4.72. The highest BCUT2D eigenvalue weighted by Crippen LogP contribution is 2.43. The number of hydrogen-bond donors (Lipinski definition) is 2. The molecular formula is C28H24FN7O2. The molecule has 10 heteroatoms. The maximum absolute atomic E-state index is 15.5. The summed E-state index contributed by atoms with van der Waals surface area (Å²) in [4.78, 5) is 28.2. The number of aromatic nitrogens is 5. The van der Waals surface area contributed by atoms with E-state index < -0.39 is 11.7 Å². The Morgan fingerprint density at radius 1 is 1.08 bits per heavy atom. The Balaban J connectivity index is 1.67. The van der Waals surface area contributed by atoms with Crippen LogP contribution in [0.25, 0.3) is 39.5 Å². The molecule has 3 aromatic heterocycles. The van der Waals surface area contributed by atoms with Crippen molar-refractivity contribution in [3.05, 3.63) is 83.7 Å². The minimum absolute atomic E-state index is 0.247. The summed E-state index contributed by atoms with van der Waals surface area (Å²) in [6, 6.07) is 12.3. The van der Waals surface area contributed by atoms with Crippen LogP contribution in [0.1, 0.15) is 16.8 Å². The lowest BCUT2D eigenvalue weighted by atomic mass is 9.96. The third kappa shape index (κ3) is 4.55. The smallest absolute Gasteiger partial charge is 0.322 e. The number of nitrogens with two attached hydrogens (primary N) is 2. The second-order valence-electron chi connectivity index (χ2n) is 8.78. The summed E-state index contributed by atoms with van der Waals surface area (Å²) in [5, 5.41) is 0.609. The lowest BCUT2D eigenvalue weighted by molar-refractivity contribution is -0.113. The van der Waals surface area contributed by atoms with E-state index in [9.17, 15) is 4.79 Å². The number of nitrogen functional groups attached to an aromatic ring is 1. The summed E-state index contributed by atoms with van der Waals surface area (Å²) in [5.74, 6) is -0.235. The number of carbonyl (C=O) groups is 1. The molecule has 0 saturated carbocycles. The number of hydrogen-bond acceptors (Lipinski definition) is 7. The molecule has 0 saturated heterocycles. The van der Waals surface area contributed by atoms with Crippen molar-refractivity contribution in [2.75, 3.05) is 5.73 Å². The maximum Gasteiger partial charge on any atom is 0.322 e. The van der Waals surface area contributed by atoms with Gasteiger partial charge < -0.3 is 20.8 Å². The van der Waals surface area contributed by atoms with Crippen molar-refractivity contribution in [1.82, 2.24) is 24.5 Å². The molecule has 4 N–H and O–H groups in total. The molecule has 2 aromatic carbocycles. The van der Waals surface area contributed by atoms with Gasteiger partial charge in [-0.15, -0.1) is 0 Å². The van der Waals surface area contributed by atoms with E-state index >= 15 is 4.39 Å². The van der Waals surface area contributed by atoms with Gasteiger partial charge in [-0.1, -0.05) is 12.1 Å². The number of anilines is 1. The van der Waals surface area contributed by atoms with Crippen LogP contribution in [-0.4, -0.2) is 30.4 Å². The zero-order valence-electron chi connectivity index (χ0n) is 20.9. The number of benzene rings is 2. The van der Waals surface area contributed by atoms with E-state index in [1.165, 1.54) is 24.5 Å². The molecule has 190 valence electrons. The molecule has 5 aromatic rings. The Bertz CT molecular complexity index is 1740. The Morgan fingerprint density at radius 2 is 1.89 bits per heavy atom. The molecule has 0 atom stereocenters. The van der Waals surface area contributed by atoms with Crippen LogP contribution in [0.2, 0.25) is 0 Å². The van der Waals surface area contributed by atoms with Crippen LogP contribution in [0.5, 0.6) is 11.8 Å². The van der Waals surface area contributed by atoms with E-state index in [0.29, 0.717) is 39.2 Å². The fraction of sp³-hybridized carbons (Fsp3) is 0.107. The monoisotopic (exact) mass is 509 g/mol. The molecule has 9 nitrogen and oxygen atoms in total. The second kappa shape index (κ2) is 9.74. The molecule has 0 unspecified atom stereocenters. The second-order valence-corrected chi connectivity index (χ2v) is 8.78. The highest BCUT2D eigenvalue weighted by Gasteiger charge is 2.24. The molecule has 0 aliphatic carbocycles. The van der Waals surface area contributed by atoms with Crippen LogP contribution in [0.4, 0.5) is 10.2 Å². The first-order valence-corrected chi connectivity index (χ1v) is 11.7.